The van der Waals surface area contributed by atoms with Crippen LogP contribution >= 0.6 is 0 Å². The van der Waals surface area contributed by atoms with Crippen molar-refractivity contribution in [1.29, 1.82) is 0 Å². The van der Waals surface area contributed by atoms with Crippen molar-refractivity contribution in [3.05, 3.63) is 77.5 Å². The summed E-state index contributed by atoms with van der Waals surface area (Å²) in [6, 6.07) is 18.6. The number of ether oxygens (including phenoxy) is 1. The van der Waals surface area contributed by atoms with Crippen molar-refractivity contribution in [1.82, 2.24) is 15.4 Å². The molecule has 1 aliphatic carbocycles. The average molecular weight is 448 g/mol. The van der Waals surface area contributed by atoms with E-state index in [1.165, 1.54) is 23.7 Å². The maximum Gasteiger partial charge on any atom is 0.426 e. The molecule has 0 bridgehead atoms. The quantitative estimate of drug-likeness (QED) is 0.357. The summed E-state index contributed by atoms with van der Waals surface area (Å²) in [6.45, 7) is 0.0885. The Morgan fingerprint density at radius 2 is 1.52 bits per heavy atom. The first-order valence-corrected chi connectivity index (χ1v) is 9.98. The third kappa shape index (κ3) is 4.26. The molecular weight excluding hydrogens is 428 g/mol. The molecular formula is C23H20N4O6. The van der Waals surface area contributed by atoms with Gasteiger partial charge in [-0.25, -0.2) is 15.0 Å². The first-order valence-electron chi connectivity index (χ1n) is 9.98. The van der Waals surface area contributed by atoms with E-state index in [4.69, 9.17) is 9.84 Å². The lowest BCUT2D eigenvalue weighted by atomic mass is 9.98. The first kappa shape index (κ1) is 21.6. The number of nitrogens with zero attached hydrogens (tertiary/aromatic N) is 1. The number of benzene rings is 2. The van der Waals surface area contributed by atoms with Crippen LogP contribution in [0.3, 0.4) is 0 Å². The lowest BCUT2D eigenvalue weighted by Gasteiger charge is -2.15. The summed E-state index contributed by atoms with van der Waals surface area (Å²) in [5.74, 6) is -3.58. The highest BCUT2D eigenvalue weighted by molar-refractivity contribution is 6.36. The molecule has 3 aromatic rings. The summed E-state index contributed by atoms with van der Waals surface area (Å²) < 4.78 is 6.62. The van der Waals surface area contributed by atoms with Crippen LogP contribution in [0.25, 0.3) is 11.1 Å². The number of aromatic nitrogens is 1. The summed E-state index contributed by atoms with van der Waals surface area (Å²) >= 11 is 0. The van der Waals surface area contributed by atoms with Gasteiger partial charge in [0.05, 0.1) is 0 Å². The molecule has 0 fully saturated rings. The van der Waals surface area contributed by atoms with Crippen LogP contribution in [0.4, 0.5) is 10.6 Å². The van der Waals surface area contributed by atoms with E-state index >= 15 is 0 Å². The minimum absolute atomic E-state index is 0.0784. The average Bonchev–Trinajstić information content (AvgIpc) is 3.33. The minimum atomic E-state index is -1.65. The normalized spacial score (nSPS) is 11.8. The smallest absolute Gasteiger partial charge is 0.426 e. The number of amides is 3. The molecule has 0 saturated carbocycles. The zero-order valence-electron chi connectivity index (χ0n) is 17.5. The van der Waals surface area contributed by atoms with Crippen LogP contribution in [0.1, 0.15) is 27.5 Å². The SMILES string of the molecule is Cn1c(NC(=O)C(=O)O)ccc1C(=O)NNC(=O)OCC1c2ccccc2-c2ccccc21. The molecule has 1 aromatic heterocycles. The van der Waals surface area contributed by atoms with Crippen LogP contribution in [-0.2, 0) is 21.4 Å². The Labute approximate surface area is 188 Å². The summed E-state index contributed by atoms with van der Waals surface area (Å²) in [7, 11) is 1.46. The second-order valence-electron chi connectivity index (χ2n) is 7.33. The van der Waals surface area contributed by atoms with Crippen LogP contribution < -0.4 is 16.2 Å². The number of aliphatic carboxylic acids is 1. The maximum absolute atomic E-state index is 12.4. The Kier molecular flexibility index (Phi) is 5.81. The molecule has 0 unspecified atom stereocenters. The molecule has 4 rings (SSSR count). The van der Waals surface area contributed by atoms with E-state index in [0.29, 0.717) is 0 Å². The number of carboxylic acid groups (broad SMARTS) is 1. The Hall–Kier alpha value is -4.60. The van der Waals surface area contributed by atoms with Crippen LogP contribution in [0.5, 0.6) is 0 Å². The number of carboxylic acids is 1. The molecule has 4 N–H and O–H groups in total. The molecule has 3 amide bonds. The lowest BCUT2D eigenvalue weighted by molar-refractivity contribution is -0.147. The second-order valence-corrected chi connectivity index (χ2v) is 7.33. The molecule has 10 nitrogen and oxygen atoms in total. The van der Waals surface area contributed by atoms with Crippen molar-refractivity contribution < 1.29 is 29.0 Å². The topological polar surface area (TPSA) is 139 Å². The molecule has 0 saturated heterocycles. The Balaban J connectivity index is 1.34. The number of anilines is 1. The van der Waals surface area contributed by atoms with Gasteiger partial charge in [0.15, 0.2) is 0 Å². The predicted octanol–water partition coefficient (Wildman–Crippen LogP) is 2.23. The fraction of sp³-hybridized carbons (Fsp3) is 0.130. The second kappa shape index (κ2) is 8.87. The largest absolute Gasteiger partial charge is 0.474 e. The van der Waals surface area contributed by atoms with Gasteiger partial charge in [-0.15, -0.1) is 0 Å². The van der Waals surface area contributed by atoms with Crippen molar-refractivity contribution in [2.75, 3.05) is 11.9 Å². The van der Waals surface area contributed by atoms with Crippen LogP contribution in [-0.4, -0.2) is 40.2 Å². The minimum Gasteiger partial charge on any atom is -0.474 e. The van der Waals surface area contributed by atoms with Gasteiger partial charge in [0.2, 0.25) is 0 Å². The molecule has 0 atom stereocenters. The van der Waals surface area contributed by atoms with E-state index in [2.05, 4.69) is 16.2 Å². The molecule has 2 aromatic carbocycles. The Bertz CT molecular complexity index is 1220. The van der Waals surface area contributed by atoms with E-state index in [-0.39, 0.29) is 24.0 Å². The standard InChI is InChI=1S/C23H20N4O6/c1-27-18(10-11-19(27)24-21(29)22(30)31)20(28)25-26-23(32)33-12-17-15-8-4-2-6-13(15)14-7-3-5-9-16(14)17/h2-11,17H,12H2,1H3,(H,24,29)(H,25,28)(H,26,32)(H,30,31). The van der Waals surface area contributed by atoms with Crippen molar-refractivity contribution in [3.63, 3.8) is 0 Å². The fourth-order valence-corrected chi connectivity index (χ4v) is 3.84. The molecule has 1 heterocycles. The van der Waals surface area contributed by atoms with Gasteiger partial charge < -0.3 is 19.7 Å². The van der Waals surface area contributed by atoms with Gasteiger partial charge in [-0.05, 0) is 34.4 Å². The first-order chi connectivity index (χ1) is 15.9. The number of hydrogen-bond donors (Lipinski definition) is 4. The van der Waals surface area contributed by atoms with E-state index in [0.717, 1.165) is 22.3 Å². The zero-order chi connectivity index (χ0) is 23.5. The van der Waals surface area contributed by atoms with Crippen LogP contribution in [0.15, 0.2) is 60.7 Å². The number of hydrogen-bond acceptors (Lipinski definition) is 5. The Morgan fingerprint density at radius 1 is 0.909 bits per heavy atom. The number of carbonyl (C=O) groups excluding carboxylic acids is 3. The summed E-state index contributed by atoms with van der Waals surface area (Å²) in [5, 5.41) is 10.8. The van der Waals surface area contributed by atoms with Gasteiger partial charge in [-0.2, -0.15) is 0 Å². The number of rotatable bonds is 4. The molecule has 33 heavy (non-hydrogen) atoms. The highest BCUT2D eigenvalue weighted by Crippen LogP contribution is 2.44. The maximum atomic E-state index is 12.4. The molecule has 0 radical (unpaired) electrons. The Morgan fingerprint density at radius 3 is 2.12 bits per heavy atom. The number of nitrogens with one attached hydrogen (secondary N) is 3. The number of fused-ring (bicyclic) bond motifs is 3. The predicted molar refractivity (Wildman–Crippen MR) is 117 cm³/mol. The van der Waals surface area contributed by atoms with Gasteiger partial charge in [-0.3, -0.25) is 15.0 Å². The van der Waals surface area contributed by atoms with Crippen molar-refractivity contribution in [2.24, 2.45) is 7.05 Å². The molecule has 168 valence electrons. The third-order valence-corrected chi connectivity index (χ3v) is 5.41. The number of hydrazine groups is 1. The van der Waals surface area contributed by atoms with Crippen molar-refractivity contribution >= 4 is 29.7 Å². The highest BCUT2D eigenvalue weighted by atomic mass is 16.6. The lowest BCUT2D eigenvalue weighted by Crippen LogP contribution is -2.42. The monoisotopic (exact) mass is 448 g/mol. The summed E-state index contributed by atoms with van der Waals surface area (Å²) in [4.78, 5) is 46.5. The van der Waals surface area contributed by atoms with E-state index in [1.807, 2.05) is 48.5 Å². The van der Waals surface area contributed by atoms with Crippen LogP contribution in [0.2, 0.25) is 0 Å². The van der Waals surface area contributed by atoms with Crippen LogP contribution in [0, 0.1) is 0 Å². The van der Waals surface area contributed by atoms with Crippen molar-refractivity contribution in [2.45, 2.75) is 5.92 Å². The van der Waals surface area contributed by atoms with E-state index in [9.17, 15) is 19.2 Å². The third-order valence-electron chi connectivity index (χ3n) is 5.41. The van der Waals surface area contributed by atoms with Gasteiger partial charge in [-0.1, -0.05) is 48.5 Å². The van der Waals surface area contributed by atoms with Gasteiger partial charge in [0, 0.05) is 13.0 Å². The highest BCUT2D eigenvalue weighted by Gasteiger charge is 2.29. The molecule has 0 aliphatic heterocycles. The molecule has 10 heteroatoms. The van der Waals surface area contributed by atoms with Gasteiger partial charge >= 0.3 is 18.0 Å². The molecule has 1 aliphatic rings. The zero-order valence-corrected chi connectivity index (χ0v) is 17.5. The summed E-state index contributed by atoms with van der Waals surface area (Å²) in [6.07, 6.45) is -0.834. The van der Waals surface area contributed by atoms with Gasteiger partial charge in [0.1, 0.15) is 18.1 Å². The van der Waals surface area contributed by atoms with Gasteiger partial charge in [0.25, 0.3) is 5.91 Å². The van der Waals surface area contributed by atoms with Crippen molar-refractivity contribution in [3.8, 4) is 11.1 Å². The molecule has 0 spiro atoms. The number of carbonyl (C=O) groups is 4. The summed E-state index contributed by atoms with van der Waals surface area (Å²) in [5.41, 5.74) is 8.83. The van der Waals surface area contributed by atoms with E-state index < -0.39 is 23.9 Å². The van der Waals surface area contributed by atoms with E-state index in [1.54, 1.807) is 0 Å². The fourth-order valence-electron chi connectivity index (χ4n) is 3.84.